The van der Waals surface area contributed by atoms with Crippen molar-refractivity contribution in [1.82, 2.24) is 0 Å². The molecule has 0 saturated heterocycles. The fourth-order valence-corrected chi connectivity index (χ4v) is 2.13. The fourth-order valence-electron chi connectivity index (χ4n) is 1.63. The molecule has 0 N–H and O–H groups in total. The molecule has 1 rings (SSSR count). The minimum Gasteiger partial charge on any atom is -0.477 e. The molecule has 7 heteroatoms. The van der Waals surface area contributed by atoms with E-state index in [9.17, 15) is 14.9 Å². The zero-order valence-electron chi connectivity index (χ0n) is 11.3. The van der Waals surface area contributed by atoms with Gasteiger partial charge in [0.15, 0.2) is 6.10 Å². The topological polar surface area (TPSA) is 78.7 Å². The van der Waals surface area contributed by atoms with E-state index >= 15 is 0 Å². The van der Waals surface area contributed by atoms with Crippen LogP contribution in [0.1, 0.15) is 26.2 Å². The highest BCUT2D eigenvalue weighted by Gasteiger charge is 2.24. The molecule has 6 nitrogen and oxygen atoms in total. The van der Waals surface area contributed by atoms with Gasteiger partial charge >= 0.3 is 5.97 Å². The Labute approximate surface area is 125 Å². The predicted octanol–water partition coefficient (Wildman–Crippen LogP) is 3.47. The zero-order chi connectivity index (χ0) is 15.1. The minimum absolute atomic E-state index is 0.110. The summed E-state index contributed by atoms with van der Waals surface area (Å²) in [5.41, 5.74) is -0.110. The van der Waals surface area contributed by atoms with Crippen molar-refractivity contribution in [2.24, 2.45) is 0 Å². The molecule has 0 bridgehead atoms. The van der Waals surface area contributed by atoms with E-state index in [0.717, 1.165) is 12.8 Å². The first kappa shape index (κ1) is 16.4. The van der Waals surface area contributed by atoms with Crippen molar-refractivity contribution in [1.29, 1.82) is 0 Å². The van der Waals surface area contributed by atoms with E-state index in [1.165, 1.54) is 19.2 Å². The number of hydrogen-bond donors (Lipinski definition) is 0. The SMILES string of the molecule is CCCCC(Oc1cccc([N+](=O)[O-])c1Br)C(=O)OC. The van der Waals surface area contributed by atoms with Crippen LogP contribution in [0.25, 0.3) is 0 Å². The van der Waals surface area contributed by atoms with Crippen LogP contribution in [0.2, 0.25) is 0 Å². The van der Waals surface area contributed by atoms with Gasteiger partial charge in [-0.2, -0.15) is 0 Å². The smallest absolute Gasteiger partial charge is 0.347 e. The molecule has 0 aliphatic carbocycles. The molecule has 0 aliphatic heterocycles. The summed E-state index contributed by atoms with van der Waals surface area (Å²) in [6.45, 7) is 2.00. The summed E-state index contributed by atoms with van der Waals surface area (Å²) in [7, 11) is 1.28. The Kier molecular flexibility index (Phi) is 6.44. The molecule has 0 spiro atoms. The van der Waals surface area contributed by atoms with Crippen LogP contribution in [0.15, 0.2) is 22.7 Å². The fraction of sp³-hybridized carbons (Fsp3) is 0.462. The van der Waals surface area contributed by atoms with E-state index in [2.05, 4.69) is 20.7 Å². The van der Waals surface area contributed by atoms with E-state index in [0.29, 0.717) is 6.42 Å². The predicted molar refractivity (Wildman–Crippen MR) is 76.8 cm³/mol. The summed E-state index contributed by atoms with van der Waals surface area (Å²) in [6.07, 6.45) is 1.44. The molecule has 20 heavy (non-hydrogen) atoms. The molecule has 110 valence electrons. The van der Waals surface area contributed by atoms with Crippen LogP contribution in [-0.2, 0) is 9.53 Å². The normalized spacial score (nSPS) is 11.8. The molecule has 0 heterocycles. The van der Waals surface area contributed by atoms with Gasteiger partial charge in [-0.25, -0.2) is 4.79 Å². The van der Waals surface area contributed by atoms with Gasteiger partial charge in [0.25, 0.3) is 5.69 Å². The molecular formula is C13H16BrNO5. The number of hydrogen-bond acceptors (Lipinski definition) is 5. The standard InChI is InChI=1S/C13H16BrNO5/c1-3-4-7-11(13(16)19-2)20-10-8-5-6-9(12(10)14)15(17)18/h5-6,8,11H,3-4,7H2,1-2H3. The minimum atomic E-state index is -0.766. The molecule has 1 atom stereocenters. The lowest BCUT2D eigenvalue weighted by molar-refractivity contribution is -0.385. The highest BCUT2D eigenvalue weighted by atomic mass is 79.9. The quantitative estimate of drug-likeness (QED) is 0.429. The second-order valence-electron chi connectivity index (χ2n) is 4.12. The molecule has 1 unspecified atom stereocenters. The molecule has 1 aromatic carbocycles. The number of ether oxygens (including phenoxy) is 2. The van der Waals surface area contributed by atoms with Crippen LogP contribution in [0.3, 0.4) is 0 Å². The van der Waals surface area contributed by atoms with Gasteiger partial charge < -0.3 is 9.47 Å². The van der Waals surface area contributed by atoms with Gasteiger partial charge in [0.2, 0.25) is 0 Å². The molecule has 0 fully saturated rings. The zero-order valence-corrected chi connectivity index (χ0v) is 12.9. The van der Waals surface area contributed by atoms with Gasteiger partial charge in [-0.15, -0.1) is 0 Å². The van der Waals surface area contributed by atoms with Crippen molar-refractivity contribution < 1.29 is 19.2 Å². The number of carbonyl (C=O) groups excluding carboxylic acids is 1. The third kappa shape index (κ3) is 4.19. The second kappa shape index (κ2) is 7.84. The number of benzene rings is 1. The number of nitro benzene ring substituents is 1. The molecule has 0 aliphatic rings. The van der Waals surface area contributed by atoms with Gasteiger partial charge in [-0.1, -0.05) is 19.4 Å². The molecule has 1 aromatic rings. The first-order chi connectivity index (χ1) is 9.51. The highest BCUT2D eigenvalue weighted by Crippen LogP contribution is 2.34. The van der Waals surface area contributed by atoms with Crippen molar-refractivity contribution in [2.75, 3.05) is 7.11 Å². The van der Waals surface area contributed by atoms with Gasteiger partial charge in [0.05, 0.1) is 12.0 Å². The maximum atomic E-state index is 11.7. The first-order valence-corrected chi connectivity index (χ1v) is 6.98. The van der Waals surface area contributed by atoms with E-state index in [4.69, 9.17) is 4.74 Å². The van der Waals surface area contributed by atoms with Crippen molar-refractivity contribution >= 4 is 27.6 Å². The number of carbonyl (C=O) groups is 1. The third-order valence-electron chi connectivity index (χ3n) is 2.69. The maximum absolute atomic E-state index is 11.7. The lowest BCUT2D eigenvalue weighted by Gasteiger charge is -2.17. The van der Waals surface area contributed by atoms with Crippen molar-refractivity contribution in [3.63, 3.8) is 0 Å². The Morgan fingerprint density at radius 2 is 2.20 bits per heavy atom. The van der Waals surface area contributed by atoms with Crippen molar-refractivity contribution in [2.45, 2.75) is 32.3 Å². The molecule has 0 amide bonds. The van der Waals surface area contributed by atoms with E-state index < -0.39 is 17.0 Å². The Morgan fingerprint density at radius 1 is 1.50 bits per heavy atom. The summed E-state index contributed by atoms with van der Waals surface area (Å²) < 4.78 is 10.5. The monoisotopic (exact) mass is 345 g/mol. The third-order valence-corrected chi connectivity index (χ3v) is 3.49. The van der Waals surface area contributed by atoms with Crippen LogP contribution in [-0.4, -0.2) is 24.1 Å². The van der Waals surface area contributed by atoms with Crippen LogP contribution < -0.4 is 4.74 Å². The number of nitrogens with zero attached hydrogens (tertiary/aromatic N) is 1. The van der Waals surface area contributed by atoms with E-state index in [-0.39, 0.29) is 15.9 Å². The maximum Gasteiger partial charge on any atom is 0.347 e. The van der Waals surface area contributed by atoms with Crippen LogP contribution in [0.5, 0.6) is 5.75 Å². The largest absolute Gasteiger partial charge is 0.477 e. The first-order valence-electron chi connectivity index (χ1n) is 6.18. The van der Waals surface area contributed by atoms with Gasteiger partial charge in [-0.05, 0) is 34.8 Å². The van der Waals surface area contributed by atoms with E-state index in [1.807, 2.05) is 6.92 Å². The van der Waals surface area contributed by atoms with E-state index in [1.54, 1.807) is 6.07 Å². The van der Waals surface area contributed by atoms with Gasteiger partial charge in [0.1, 0.15) is 10.2 Å². The van der Waals surface area contributed by atoms with Gasteiger partial charge in [-0.3, -0.25) is 10.1 Å². The lowest BCUT2D eigenvalue weighted by Crippen LogP contribution is -2.28. The summed E-state index contributed by atoms with van der Waals surface area (Å²) >= 11 is 3.13. The molecule has 0 aromatic heterocycles. The van der Waals surface area contributed by atoms with Gasteiger partial charge in [0, 0.05) is 6.07 Å². The Hall–Kier alpha value is -1.63. The Balaban J connectivity index is 2.96. The average Bonchev–Trinajstić information content (AvgIpc) is 2.43. The summed E-state index contributed by atoms with van der Waals surface area (Å²) in [6, 6.07) is 4.43. The van der Waals surface area contributed by atoms with Crippen molar-refractivity contribution in [3.8, 4) is 5.75 Å². The Bertz CT molecular complexity index is 492. The number of halogens is 1. The molecule has 0 saturated carbocycles. The number of unbranched alkanes of at least 4 members (excludes halogenated alkanes) is 1. The average molecular weight is 346 g/mol. The lowest BCUT2D eigenvalue weighted by atomic mass is 10.1. The summed E-state index contributed by atoms with van der Waals surface area (Å²) in [4.78, 5) is 22.0. The molecular weight excluding hydrogens is 330 g/mol. The molecule has 0 radical (unpaired) electrons. The second-order valence-corrected chi connectivity index (χ2v) is 4.91. The van der Waals surface area contributed by atoms with Crippen LogP contribution in [0, 0.1) is 10.1 Å². The highest BCUT2D eigenvalue weighted by molar-refractivity contribution is 9.10. The van der Waals surface area contributed by atoms with Crippen LogP contribution >= 0.6 is 15.9 Å². The summed E-state index contributed by atoms with van der Waals surface area (Å²) in [5, 5.41) is 10.9. The number of methoxy groups -OCH3 is 1. The van der Waals surface area contributed by atoms with Crippen LogP contribution in [0.4, 0.5) is 5.69 Å². The Morgan fingerprint density at radius 3 is 2.75 bits per heavy atom. The summed E-state index contributed by atoms with van der Waals surface area (Å²) in [5.74, 6) is -0.234. The van der Waals surface area contributed by atoms with Crippen molar-refractivity contribution in [3.05, 3.63) is 32.8 Å². The number of nitro groups is 1. The number of rotatable bonds is 7. The number of esters is 1.